The van der Waals surface area contributed by atoms with Gasteiger partial charge in [-0.25, -0.2) is 9.97 Å². The molecule has 92 valence electrons. The average molecular weight is 306 g/mol. The Labute approximate surface area is 114 Å². The number of carbonyl (C=O) groups excluding carboxylic acids is 1. The van der Waals surface area contributed by atoms with Gasteiger partial charge in [-0.15, -0.1) is 0 Å². The molecule has 2 rings (SSSR count). The molecule has 0 atom stereocenters. The van der Waals surface area contributed by atoms with Gasteiger partial charge in [-0.1, -0.05) is 22.0 Å². The zero-order valence-electron chi connectivity index (χ0n) is 9.64. The van der Waals surface area contributed by atoms with Crippen LogP contribution in [0.25, 0.3) is 0 Å². The van der Waals surface area contributed by atoms with Gasteiger partial charge in [-0.3, -0.25) is 4.79 Å². The van der Waals surface area contributed by atoms with Gasteiger partial charge in [0.2, 0.25) is 0 Å². The molecule has 0 saturated heterocycles. The van der Waals surface area contributed by atoms with Crippen molar-refractivity contribution in [3.63, 3.8) is 0 Å². The summed E-state index contributed by atoms with van der Waals surface area (Å²) in [7, 11) is 0. The average Bonchev–Trinajstić information content (AvgIpc) is 2.40. The Morgan fingerprint density at radius 2 is 2.06 bits per heavy atom. The standard InChI is InChI=1S/C13H12BrN3O/c14-12-3-1-2-11(6-12)13(18)17-5-4-10-7-15-9-16-8-10/h1-3,6-9H,4-5H2,(H,17,18). The molecule has 0 aliphatic rings. The Morgan fingerprint density at radius 1 is 1.28 bits per heavy atom. The lowest BCUT2D eigenvalue weighted by Crippen LogP contribution is -2.25. The summed E-state index contributed by atoms with van der Waals surface area (Å²) in [4.78, 5) is 19.7. The Balaban J connectivity index is 1.86. The van der Waals surface area contributed by atoms with Crippen LogP contribution in [0, 0.1) is 0 Å². The number of halogens is 1. The van der Waals surface area contributed by atoms with Crippen LogP contribution in [0.1, 0.15) is 15.9 Å². The van der Waals surface area contributed by atoms with Gasteiger partial charge in [0.15, 0.2) is 0 Å². The van der Waals surface area contributed by atoms with Crippen molar-refractivity contribution in [3.05, 3.63) is 58.6 Å². The van der Waals surface area contributed by atoms with Crippen molar-refractivity contribution in [1.29, 1.82) is 0 Å². The van der Waals surface area contributed by atoms with E-state index in [-0.39, 0.29) is 5.91 Å². The second-order valence-corrected chi connectivity index (χ2v) is 4.68. The van der Waals surface area contributed by atoms with Gasteiger partial charge in [0.1, 0.15) is 6.33 Å². The zero-order valence-corrected chi connectivity index (χ0v) is 11.2. The molecular weight excluding hydrogens is 294 g/mol. The maximum Gasteiger partial charge on any atom is 0.251 e. The Bertz CT molecular complexity index is 531. The first-order valence-corrected chi connectivity index (χ1v) is 6.32. The second-order valence-electron chi connectivity index (χ2n) is 3.76. The summed E-state index contributed by atoms with van der Waals surface area (Å²) in [5.41, 5.74) is 1.65. The van der Waals surface area contributed by atoms with E-state index in [0.29, 0.717) is 12.1 Å². The Hall–Kier alpha value is -1.75. The number of nitrogens with zero attached hydrogens (tertiary/aromatic N) is 2. The smallest absolute Gasteiger partial charge is 0.251 e. The van der Waals surface area contributed by atoms with Crippen LogP contribution in [0.4, 0.5) is 0 Å². The van der Waals surface area contributed by atoms with Gasteiger partial charge in [0, 0.05) is 29.0 Å². The molecule has 0 spiro atoms. The molecule has 1 heterocycles. The number of nitrogens with one attached hydrogen (secondary N) is 1. The molecule has 4 nitrogen and oxygen atoms in total. The van der Waals surface area contributed by atoms with Gasteiger partial charge >= 0.3 is 0 Å². The SMILES string of the molecule is O=C(NCCc1cncnc1)c1cccc(Br)c1. The van der Waals surface area contributed by atoms with E-state index in [2.05, 4.69) is 31.2 Å². The van der Waals surface area contributed by atoms with Gasteiger partial charge in [-0.05, 0) is 30.2 Å². The van der Waals surface area contributed by atoms with Crippen LogP contribution in [0.15, 0.2) is 47.5 Å². The Morgan fingerprint density at radius 3 is 2.78 bits per heavy atom. The number of aromatic nitrogens is 2. The number of carbonyl (C=O) groups is 1. The number of amides is 1. The molecule has 0 saturated carbocycles. The molecule has 0 bridgehead atoms. The third kappa shape index (κ3) is 3.63. The molecule has 1 aromatic carbocycles. The number of benzene rings is 1. The molecule has 18 heavy (non-hydrogen) atoms. The van der Waals surface area contributed by atoms with E-state index in [1.807, 2.05) is 12.1 Å². The fraction of sp³-hybridized carbons (Fsp3) is 0.154. The summed E-state index contributed by atoms with van der Waals surface area (Å²) in [6, 6.07) is 7.30. The van der Waals surface area contributed by atoms with E-state index < -0.39 is 0 Å². The molecule has 2 aromatic rings. The lowest BCUT2D eigenvalue weighted by molar-refractivity contribution is 0.0954. The monoisotopic (exact) mass is 305 g/mol. The highest BCUT2D eigenvalue weighted by atomic mass is 79.9. The minimum Gasteiger partial charge on any atom is -0.352 e. The summed E-state index contributed by atoms with van der Waals surface area (Å²) in [6.45, 7) is 0.568. The summed E-state index contributed by atoms with van der Waals surface area (Å²) in [5.74, 6) is -0.0758. The predicted octanol–water partition coefficient (Wildman–Crippen LogP) is 2.21. The van der Waals surface area contributed by atoms with Crippen LogP contribution in [-0.4, -0.2) is 22.4 Å². The van der Waals surface area contributed by atoms with E-state index >= 15 is 0 Å². The molecule has 0 unspecified atom stereocenters. The van der Waals surface area contributed by atoms with Crippen molar-refractivity contribution in [2.75, 3.05) is 6.54 Å². The van der Waals surface area contributed by atoms with E-state index in [9.17, 15) is 4.79 Å². The normalized spacial score (nSPS) is 10.1. The number of hydrogen-bond acceptors (Lipinski definition) is 3. The van der Waals surface area contributed by atoms with Crippen LogP contribution in [-0.2, 0) is 6.42 Å². The van der Waals surface area contributed by atoms with E-state index in [0.717, 1.165) is 16.5 Å². The number of hydrogen-bond donors (Lipinski definition) is 1. The molecule has 0 fully saturated rings. The minimum absolute atomic E-state index is 0.0758. The molecule has 5 heteroatoms. The van der Waals surface area contributed by atoms with E-state index in [1.165, 1.54) is 6.33 Å². The summed E-state index contributed by atoms with van der Waals surface area (Å²) in [5, 5.41) is 2.86. The third-order valence-corrected chi connectivity index (χ3v) is 2.89. The quantitative estimate of drug-likeness (QED) is 0.942. The van der Waals surface area contributed by atoms with Crippen LogP contribution < -0.4 is 5.32 Å². The highest BCUT2D eigenvalue weighted by Crippen LogP contribution is 2.11. The van der Waals surface area contributed by atoms with Gasteiger partial charge in [-0.2, -0.15) is 0 Å². The third-order valence-electron chi connectivity index (χ3n) is 2.40. The highest BCUT2D eigenvalue weighted by molar-refractivity contribution is 9.10. The zero-order chi connectivity index (χ0) is 12.8. The predicted molar refractivity (Wildman–Crippen MR) is 72.2 cm³/mol. The van der Waals surface area contributed by atoms with E-state index in [4.69, 9.17) is 0 Å². The molecule has 1 N–H and O–H groups in total. The first-order valence-electron chi connectivity index (χ1n) is 5.53. The largest absolute Gasteiger partial charge is 0.352 e. The van der Waals surface area contributed by atoms with Crippen LogP contribution in [0.3, 0.4) is 0 Å². The maximum absolute atomic E-state index is 11.8. The van der Waals surface area contributed by atoms with Crippen molar-refractivity contribution in [2.45, 2.75) is 6.42 Å². The van der Waals surface area contributed by atoms with Crippen molar-refractivity contribution < 1.29 is 4.79 Å². The topological polar surface area (TPSA) is 54.9 Å². The first kappa shape index (κ1) is 12.7. The van der Waals surface area contributed by atoms with E-state index in [1.54, 1.807) is 24.5 Å². The Kier molecular flexibility index (Phi) is 4.41. The molecule has 1 aromatic heterocycles. The van der Waals surface area contributed by atoms with Crippen molar-refractivity contribution >= 4 is 21.8 Å². The van der Waals surface area contributed by atoms with Crippen molar-refractivity contribution in [1.82, 2.24) is 15.3 Å². The summed E-state index contributed by atoms with van der Waals surface area (Å²) in [6.07, 6.45) is 5.71. The molecule has 0 aliphatic carbocycles. The molecular formula is C13H12BrN3O. The lowest BCUT2D eigenvalue weighted by atomic mass is 10.2. The maximum atomic E-state index is 11.8. The minimum atomic E-state index is -0.0758. The molecule has 0 radical (unpaired) electrons. The molecule has 1 amide bonds. The van der Waals surface area contributed by atoms with Crippen LogP contribution in [0.5, 0.6) is 0 Å². The van der Waals surface area contributed by atoms with Gasteiger partial charge in [0.05, 0.1) is 0 Å². The van der Waals surface area contributed by atoms with Gasteiger partial charge < -0.3 is 5.32 Å². The second kappa shape index (κ2) is 6.26. The summed E-state index contributed by atoms with van der Waals surface area (Å²) >= 11 is 3.34. The van der Waals surface area contributed by atoms with Gasteiger partial charge in [0.25, 0.3) is 5.91 Å². The van der Waals surface area contributed by atoms with Crippen LogP contribution >= 0.6 is 15.9 Å². The highest BCUT2D eigenvalue weighted by Gasteiger charge is 2.04. The number of rotatable bonds is 4. The first-order chi connectivity index (χ1) is 8.75. The lowest BCUT2D eigenvalue weighted by Gasteiger charge is -2.05. The fourth-order valence-corrected chi connectivity index (χ4v) is 1.91. The van der Waals surface area contributed by atoms with Crippen LogP contribution in [0.2, 0.25) is 0 Å². The molecule has 0 aliphatic heterocycles. The van der Waals surface area contributed by atoms with Crippen molar-refractivity contribution in [2.24, 2.45) is 0 Å². The van der Waals surface area contributed by atoms with Crippen molar-refractivity contribution in [3.8, 4) is 0 Å². The summed E-state index contributed by atoms with van der Waals surface area (Å²) < 4.78 is 0.895. The fourth-order valence-electron chi connectivity index (χ4n) is 1.51.